The van der Waals surface area contributed by atoms with E-state index < -0.39 is 10.0 Å². The van der Waals surface area contributed by atoms with Crippen LogP contribution < -0.4 is 5.32 Å². The normalized spacial score (nSPS) is 19.0. The topological polar surface area (TPSA) is 49.4 Å². The second-order valence-electron chi connectivity index (χ2n) is 4.72. The van der Waals surface area contributed by atoms with Crippen LogP contribution in [0.15, 0.2) is 0 Å². The van der Waals surface area contributed by atoms with Gasteiger partial charge in [0.1, 0.15) is 0 Å². The summed E-state index contributed by atoms with van der Waals surface area (Å²) < 4.78 is 25.5. The predicted molar refractivity (Wildman–Crippen MR) is 66.9 cm³/mol. The van der Waals surface area contributed by atoms with E-state index in [2.05, 4.69) is 5.32 Å². The molecular formula is C11H24N2O2S. The van der Waals surface area contributed by atoms with Crippen molar-refractivity contribution in [3.63, 3.8) is 0 Å². The van der Waals surface area contributed by atoms with Crippen LogP contribution in [0.1, 0.15) is 32.6 Å². The van der Waals surface area contributed by atoms with E-state index in [0.717, 1.165) is 19.4 Å². The molecule has 0 saturated heterocycles. The first kappa shape index (κ1) is 13.9. The van der Waals surface area contributed by atoms with E-state index in [1.165, 1.54) is 12.8 Å². The van der Waals surface area contributed by atoms with Crippen molar-refractivity contribution in [3.05, 3.63) is 0 Å². The zero-order chi connectivity index (χ0) is 12.2. The van der Waals surface area contributed by atoms with Gasteiger partial charge in [0.05, 0.1) is 5.75 Å². The summed E-state index contributed by atoms with van der Waals surface area (Å²) >= 11 is 0. The minimum Gasteiger partial charge on any atom is -0.320 e. The average Bonchev–Trinajstić information content (AvgIpc) is 3.06. The van der Waals surface area contributed by atoms with Crippen molar-refractivity contribution in [1.29, 1.82) is 0 Å². The zero-order valence-corrected chi connectivity index (χ0v) is 11.4. The van der Waals surface area contributed by atoms with E-state index in [4.69, 9.17) is 0 Å². The summed E-state index contributed by atoms with van der Waals surface area (Å²) in [5.41, 5.74) is 0. The molecule has 1 aliphatic carbocycles. The summed E-state index contributed by atoms with van der Waals surface area (Å²) in [6, 6.07) is 0.175. The van der Waals surface area contributed by atoms with Gasteiger partial charge in [-0.05, 0) is 52.1 Å². The molecule has 4 nitrogen and oxygen atoms in total. The fourth-order valence-electron chi connectivity index (χ4n) is 1.86. The fraction of sp³-hybridized carbons (Fsp3) is 1.00. The molecule has 16 heavy (non-hydrogen) atoms. The second-order valence-corrected chi connectivity index (χ2v) is 6.87. The molecule has 5 heteroatoms. The van der Waals surface area contributed by atoms with Gasteiger partial charge in [0.15, 0.2) is 0 Å². The first-order valence-electron chi connectivity index (χ1n) is 6.09. The highest BCUT2D eigenvalue weighted by Crippen LogP contribution is 2.35. The molecule has 0 aliphatic heterocycles. The summed E-state index contributed by atoms with van der Waals surface area (Å²) in [6.07, 6.45) is 4.02. The van der Waals surface area contributed by atoms with Gasteiger partial charge in [-0.15, -0.1) is 0 Å². The molecule has 96 valence electrons. The number of sulfonamides is 1. The van der Waals surface area contributed by atoms with Crippen molar-refractivity contribution in [3.8, 4) is 0 Å². The SMILES string of the molecule is CNCCCCS(=O)(=O)N(C)C(C)C1CC1. The first-order chi connectivity index (χ1) is 7.49. The molecule has 1 aliphatic rings. The van der Waals surface area contributed by atoms with Crippen molar-refractivity contribution in [2.45, 2.75) is 38.6 Å². The van der Waals surface area contributed by atoms with Crippen LogP contribution in [0.4, 0.5) is 0 Å². The number of hydrogen-bond donors (Lipinski definition) is 1. The molecule has 1 rings (SSSR count). The van der Waals surface area contributed by atoms with Crippen LogP contribution in [0.3, 0.4) is 0 Å². The van der Waals surface area contributed by atoms with Crippen molar-refractivity contribution in [2.75, 3.05) is 26.4 Å². The summed E-state index contributed by atoms with van der Waals surface area (Å²) in [6.45, 7) is 2.90. The highest BCUT2D eigenvalue weighted by molar-refractivity contribution is 7.89. The Kier molecular flexibility index (Phi) is 5.21. The van der Waals surface area contributed by atoms with Crippen LogP contribution in [-0.2, 0) is 10.0 Å². The molecule has 1 unspecified atom stereocenters. The third-order valence-electron chi connectivity index (χ3n) is 3.40. The minimum atomic E-state index is -3.04. The van der Waals surface area contributed by atoms with Gasteiger partial charge >= 0.3 is 0 Å². The van der Waals surface area contributed by atoms with Gasteiger partial charge in [-0.3, -0.25) is 0 Å². The van der Waals surface area contributed by atoms with Gasteiger partial charge in [-0.25, -0.2) is 12.7 Å². The lowest BCUT2D eigenvalue weighted by molar-refractivity contribution is 0.356. The summed E-state index contributed by atoms with van der Waals surface area (Å²) in [4.78, 5) is 0. The average molecular weight is 248 g/mol. The summed E-state index contributed by atoms with van der Waals surface area (Å²) in [7, 11) is 0.564. The Morgan fingerprint density at radius 2 is 2.00 bits per heavy atom. The molecule has 0 spiro atoms. The third kappa shape index (κ3) is 4.03. The van der Waals surface area contributed by atoms with Crippen molar-refractivity contribution in [2.24, 2.45) is 5.92 Å². The number of nitrogens with zero attached hydrogens (tertiary/aromatic N) is 1. The molecule has 1 saturated carbocycles. The van der Waals surface area contributed by atoms with Gasteiger partial charge < -0.3 is 5.32 Å². The van der Waals surface area contributed by atoms with Crippen LogP contribution >= 0.6 is 0 Å². The lowest BCUT2D eigenvalue weighted by Gasteiger charge is -2.24. The van der Waals surface area contributed by atoms with Gasteiger partial charge in [-0.2, -0.15) is 0 Å². The Hall–Kier alpha value is -0.130. The molecule has 0 bridgehead atoms. The fourth-order valence-corrected chi connectivity index (χ4v) is 3.39. The molecular weight excluding hydrogens is 224 g/mol. The molecule has 0 heterocycles. The maximum atomic E-state index is 12.0. The van der Waals surface area contributed by atoms with Gasteiger partial charge in [0.2, 0.25) is 10.0 Å². The summed E-state index contributed by atoms with van der Waals surface area (Å²) in [5.74, 6) is 0.875. The quantitative estimate of drug-likeness (QED) is 0.653. The van der Waals surface area contributed by atoms with Crippen LogP contribution in [0.2, 0.25) is 0 Å². The Balaban J connectivity index is 2.36. The third-order valence-corrected chi connectivity index (χ3v) is 5.41. The lowest BCUT2D eigenvalue weighted by Crippen LogP contribution is -2.38. The minimum absolute atomic E-state index is 0.175. The Bertz CT molecular complexity index is 299. The molecule has 1 N–H and O–H groups in total. The number of nitrogens with one attached hydrogen (secondary N) is 1. The van der Waals surface area contributed by atoms with Crippen LogP contribution in [0.25, 0.3) is 0 Å². The lowest BCUT2D eigenvalue weighted by atomic mass is 10.2. The number of rotatable bonds is 8. The largest absolute Gasteiger partial charge is 0.320 e. The number of hydrogen-bond acceptors (Lipinski definition) is 3. The molecule has 0 amide bonds. The summed E-state index contributed by atoms with van der Waals surface area (Å²) in [5, 5.41) is 3.03. The van der Waals surface area contributed by atoms with E-state index in [-0.39, 0.29) is 11.8 Å². The predicted octanol–water partition coefficient (Wildman–Crippen LogP) is 1.05. The van der Waals surface area contributed by atoms with E-state index in [1.807, 2.05) is 14.0 Å². The molecule has 0 radical (unpaired) electrons. The second kappa shape index (κ2) is 5.98. The number of unbranched alkanes of at least 4 members (excludes halogenated alkanes) is 1. The van der Waals surface area contributed by atoms with E-state index in [1.54, 1.807) is 11.4 Å². The molecule has 0 aromatic heterocycles. The monoisotopic (exact) mass is 248 g/mol. The Morgan fingerprint density at radius 1 is 1.38 bits per heavy atom. The van der Waals surface area contributed by atoms with Crippen LogP contribution in [0, 0.1) is 5.92 Å². The van der Waals surface area contributed by atoms with Crippen molar-refractivity contribution >= 4 is 10.0 Å². The van der Waals surface area contributed by atoms with Crippen molar-refractivity contribution < 1.29 is 8.42 Å². The van der Waals surface area contributed by atoms with Gasteiger partial charge in [0, 0.05) is 13.1 Å². The maximum absolute atomic E-state index is 12.0. The highest BCUT2D eigenvalue weighted by Gasteiger charge is 2.34. The van der Waals surface area contributed by atoms with E-state index in [9.17, 15) is 8.42 Å². The van der Waals surface area contributed by atoms with E-state index >= 15 is 0 Å². The highest BCUT2D eigenvalue weighted by atomic mass is 32.2. The van der Waals surface area contributed by atoms with Crippen LogP contribution in [0.5, 0.6) is 0 Å². The molecule has 0 aromatic rings. The van der Waals surface area contributed by atoms with Gasteiger partial charge in [0.25, 0.3) is 0 Å². The molecule has 1 atom stereocenters. The first-order valence-corrected chi connectivity index (χ1v) is 7.70. The zero-order valence-electron chi connectivity index (χ0n) is 10.6. The van der Waals surface area contributed by atoms with Crippen LogP contribution in [-0.4, -0.2) is 45.2 Å². The van der Waals surface area contributed by atoms with Crippen molar-refractivity contribution in [1.82, 2.24) is 9.62 Å². The molecule has 0 aromatic carbocycles. The molecule has 1 fully saturated rings. The smallest absolute Gasteiger partial charge is 0.214 e. The Labute approximate surface area is 99.5 Å². The van der Waals surface area contributed by atoms with Gasteiger partial charge in [-0.1, -0.05) is 0 Å². The maximum Gasteiger partial charge on any atom is 0.214 e. The standard InChI is InChI=1S/C11H24N2O2S/c1-10(11-6-7-11)13(3)16(14,15)9-5-4-8-12-2/h10-12H,4-9H2,1-3H3. The van der Waals surface area contributed by atoms with E-state index in [0.29, 0.717) is 5.92 Å². The Morgan fingerprint density at radius 3 is 2.50 bits per heavy atom.